The van der Waals surface area contributed by atoms with Crippen LogP contribution in [-0.4, -0.2) is 13.3 Å². The second-order valence-electron chi connectivity index (χ2n) is 3.76. The first-order chi connectivity index (χ1) is 7.72. The molecule has 0 aliphatic carbocycles. The van der Waals surface area contributed by atoms with Gasteiger partial charge < -0.3 is 20.9 Å². The number of hydrogen-bond acceptors (Lipinski definition) is 4. The molecule has 0 bridgehead atoms. The lowest BCUT2D eigenvalue weighted by Gasteiger charge is -2.14. The minimum atomic E-state index is -0.0209. The molecule has 0 fully saturated rings. The fourth-order valence-electron chi connectivity index (χ4n) is 1.71. The minimum absolute atomic E-state index is 0. The van der Waals surface area contributed by atoms with Crippen LogP contribution in [0, 0.1) is 0 Å². The summed E-state index contributed by atoms with van der Waals surface area (Å²) in [6.45, 7) is 0.944. The Kier molecular flexibility index (Phi) is 5.52. The van der Waals surface area contributed by atoms with Crippen LogP contribution in [0.5, 0.6) is 11.5 Å². The maximum Gasteiger partial charge on any atom is 0.231 e. The van der Waals surface area contributed by atoms with Crippen LogP contribution >= 0.6 is 28.3 Å². The molecule has 17 heavy (non-hydrogen) atoms. The number of benzene rings is 1. The third kappa shape index (κ3) is 3.25. The van der Waals surface area contributed by atoms with Gasteiger partial charge in [0.2, 0.25) is 6.79 Å². The Bertz CT molecular complexity index is 390. The molecule has 6 heteroatoms. The molecule has 96 valence electrons. The highest BCUT2D eigenvalue weighted by Crippen LogP contribution is 2.39. The molecular formula is C11H16BrClN2O2. The topological polar surface area (TPSA) is 70.5 Å². The Morgan fingerprint density at radius 2 is 1.94 bits per heavy atom. The number of rotatable bonds is 4. The average molecular weight is 324 g/mol. The predicted molar refractivity (Wildman–Crippen MR) is 72.7 cm³/mol. The maximum atomic E-state index is 6.09. The number of nitrogens with two attached hydrogens (primary N) is 2. The summed E-state index contributed by atoms with van der Waals surface area (Å²) < 4.78 is 11.6. The lowest BCUT2D eigenvalue weighted by Crippen LogP contribution is -2.13. The third-order valence-electron chi connectivity index (χ3n) is 2.61. The second kappa shape index (κ2) is 6.44. The number of ether oxygens (including phenoxy) is 2. The van der Waals surface area contributed by atoms with E-state index in [1.807, 2.05) is 12.1 Å². The lowest BCUT2D eigenvalue weighted by molar-refractivity contribution is 0.174. The predicted octanol–water partition coefficient (Wildman–Crippen LogP) is 2.34. The summed E-state index contributed by atoms with van der Waals surface area (Å²) in [4.78, 5) is 0. The van der Waals surface area contributed by atoms with Crippen molar-refractivity contribution in [2.45, 2.75) is 18.9 Å². The third-order valence-corrected chi connectivity index (χ3v) is 3.30. The fourth-order valence-corrected chi connectivity index (χ4v) is 2.33. The highest BCUT2D eigenvalue weighted by molar-refractivity contribution is 9.10. The molecule has 1 atom stereocenters. The van der Waals surface area contributed by atoms with Crippen LogP contribution in [0.15, 0.2) is 16.6 Å². The average Bonchev–Trinajstić information content (AvgIpc) is 2.71. The van der Waals surface area contributed by atoms with Crippen molar-refractivity contribution in [1.29, 1.82) is 0 Å². The summed E-state index contributed by atoms with van der Waals surface area (Å²) >= 11 is 3.50. The molecule has 0 aromatic heterocycles. The van der Waals surface area contributed by atoms with E-state index >= 15 is 0 Å². The molecule has 1 heterocycles. The molecule has 2 rings (SSSR count). The molecule has 1 aromatic rings. The first-order valence-electron chi connectivity index (χ1n) is 5.27. The highest BCUT2D eigenvalue weighted by atomic mass is 79.9. The van der Waals surface area contributed by atoms with Gasteiger partial charge in [-0.1, -0.05) is 15.9 Å². The Morgan fingerprint density at radius 3 is 2.59 bits per heavy atom. The molecule has 0 amide bonds. The van der Waals surface area contributed by atoms with Gasteiger partial charge in [0.05, 0.1) is 0 Å². The molecule has 4 N–H and O–H groups in total. The molecule has 0 saturated carbocycles. The van der Waals surface area contributed by atoms with Crippen LogP contribution in [0.4, 0.5) is 0 Å². The van der Waals surface area contributed by atoms with Crippen LogP contribution in [0.3, 0.4) is 0 Å². The van der Waals surface area contributed by atoms with Gasteiger partial charge in [-0.25, -0.2) is 0 Å². The first-order valence-corrected chi connectivity index (χ1v) is 6.06. The molecular weight excluding hydrogens is 307 g/mol. The van der Waals surface area contributed by atoms with Crippen molar-refractivity contribution in [2.24, 2.45) is 11.5 Å². The van der Waals surface area contributed by atoms with Crippen molar-refractivity contribution in [3.63, 3.8) is 0 Å². The van der Waals surface area contributed by atoms with Gasteiger partial charge in [-0.3, -0.25) is 0 Å². The van der Waals surface area contributed by atoms with Crippen LogP contribution in [0.2, 0.25) is 0 Å². The number of halogens is 2. The van der Waals surface area contributed by atoms with E-state index in [0.717, 1.165) is 34.4 Å². The molecule has 1 aliphatic heterocycles. The van der Waals surface area contributed by atoms with Gasteiger partial charge in [0, 0.05) is 10.5 Å². The van der Waals surface area contributed by atoms with Crippen molar-refractivity contribution >= 4 is 28.3 Å². The van der Waals surface area contributed by atoms with E-state index in [9.17, 15) is 0 Å². The van der Waals surface area contributed by atoms with Crippen LogP contribution in [0.25, 0.3) is 0 Å². The summed E-state index contributed by atoms with van der Waals surface area (Å²) in [5, 5.41) is 0. The van der Waals surface area contributed by atoms with Crippen LogP contribution in [0.1, 0.15) is 24.4 Å². The zero-order valence-electron chi connectivity index (χ0n) is 9.32. The van der Waals surface area contributed by atoms with E-state index in [4.69, 9.17) is 20.9 Å². The van der Waals surface area contributed by atoms with Crippen molar-refractivity contribution in [3.05, 3.63) is 22.2 Å². The molecule has 1 aromatic carbocycles. The van der Waals surface area contributed by atoms with Gasteiger partial charge in [-0.15, -0.1) is 12.4 Å². The number of hydrogen-bond donors (Lipinski definition) is 2. The van der Waals surface area contributed by atoms with Gasteiger partial charge >= 0.3 is 0 Å². The van der Waals surface area contributed by atoms with Gasteiger partial charge in [0.25, 0.3) is 0 Å². The van der Waals surface area contributed by atoms with E-state index in [-0.39, 0.29) is 25.2 Å². The quantitative estimate of drug-likeness (QED) is 0.892. The van der Waals surface area contributed by atoms with E-state index in [0.29, 0.717) is 6.54 Å². The lowest BCUT2D eigenvalue weighted by atomic mass is 10.0. The van der Waals surface area contributed by atoms with E-state index in [1.165, 1.54) is 0 Å². The zero-order chi connectivity index (χ0) is 11.5. The van der Waals surface area contributed by atoms with Crippen molar-refractivity contribution in [1.82, 2.24) is 0 Å². The normalized spacial score (nSPS) is 14.3. The Hall–Kier alpha value is -0.490. The van der Waals surface area contributed by atoms with Gasteiger partial charge in [-0.05, 0) is 37.1 Å². The minimum Gasteiger partial charge on any atom is -0.454 e. The van der Waals surface area contributed by atoms with E-state index < -0.39 is 0 Å². The fraction of sp³-hybridized carbons (Fsp3) is 0.455. The smallest absolute Gasteiger partial charge is 0.231 e. The Morgan fingerprint density at radius 1 is 1.29 bits per heavy atom. The summed E-state index contributed by atoms with van der Waals surface area (Å²) in [7, 11) is 0. The van der Waals surface area contributed by atoms with Crippen molar-refractivity contribution in [3.8, 4) is 11.5 Å². The first kappa shape index (κ1) is 14.6. The maximum absolute atomic E-state index is 6.09. The number of fused-ring (bicyclic) bond motifs is 1. The summed E-state index contributed by atoms with van der Waals surface area (Å²) in [5.41, 5.74) is 12.6. The molecule has 0 spiro atoms. The summed E-state index contributed by atoms with van der Waals surface area (Å²) in [5.74, 6) is 1.53. The summed E-state index contributed by atoms with van der Waals surface area (Å²) in [6.07, 6.45) is 1.79. The molecule has 1 aliphatic rings. The second-order valence-corrected chi connectivity index (χ2v) is 4.62. The van der Waals surface area contributed by atoms with E-state index in [1.54, 1.807) is 0 Å². The summed E-state index contributed by atoms with van der Waals surface area (Å²) in [6, 6.07) is 3.82. The van der Waals surface area contributed by atoms with Crippen molar-refractivity contribution < 1.29 is 9.47 Å². The van der Waals surface area contributed by atoms with E-state index in [2.05, 4.69) is 15.9 Å². The van der Waals surface area contributed by atoms with Gasteiger partial charge in [0.1, 0.15) is 0 Å². The molecule has 0 saturated heterocycles. The molecule has 4 nitrogen and oxygen atoms in total. The molecule has 0 radical (unpaired) electrons. The zero-order valence-corrected chi connectivity index (χ0v) is 11.7. The SMILES string of the molecule is Cl.NCCC[C@@H](N)c1cc2c(cc1Br)OCO2. The van der Waals surface area contributed by atoms with Crippen LogP contribution in [-0.2, 0) is 0 Å². The highest BCUT2D eigenvalue weighted by Gasteiger charge is 2.19. The largest absolute Gasteiger partial charge is 0.454 e. The van der Waals surface area contributed by atoms with Crippen molar-refractivity contribution in [2.75, 3.05) is 13.3 Å². The van der Waals surface area contributed by atoms with Gasteiger partial charge in [-0.2, -0.15) is 0 Å². The molecule has 0 unspecified atom stereocenters. The Labute approximate surface area is 115 Å². The van der Waals surface area contributed by atoms with Crippen LogP contribution < -0.4 is 20.9 Å². The van der Waals surface area contributed by atoms with Gasteiger partial charge in [0.15, 0.2) is 11.5 Å². The standard InChI is InChI=1S/C11H15BrN2O2.ClH/c12-8-5-11-10(15-6-16-11)4-7(8)9(14)2-1-3-13;/h4-5,9H,1-3,6,13-14H2;1H/t9-;/m1./s1. The Balaban J connectivity index is 0.00000144. The monoisotopic (exact) mass is 322 g/mol.